The van der Waals surface area contributed by atoms with Crippen molar-refractivity contribution in [3.8, 4) is 0 Å². The molecule has 29 heavy (non-hydrogen) atoms. The third kappa shape index (κ3) is 4.32. The van der Waals surface area contributed by atoms with Gasteiger partial charge in [0.15, 0.2) is 5.76 Å². The summed E-state index contributed by atoms with van der Waals surface area (Å²) in [6.07, 6.45) is 2.67. The van der Waals surface area contributed by atoms with Gasteiger partial charge < -0.3 is 19.0 Å². The minimum Gasteiger partial charge on any atom is -0.454 e. The smallest absolute Gasteiger partial charge is 0.289 e. The fourth-order valence-corrected chi connectivity index (χ4v) is 3.83. The molecule has 0 bridgehead atoms. The number of carbonyl (C=O) groups is 1. The first-order valence-electron chi connectivity index (χ1n) is 9.88. The van der Waals surface area contributed by atoms with Crippen molar-refractivity contribution in [3.63, 3.8) is 0 Å². The van der Waals surface area contributed by atoms with Gasteiger partial charge in [-0.2, -0.15) is 0 Å². The van der Waals surface area contributed by atoms with Crippen molar-refractivity contribution in [2.75, 3.05) is 13.1 Å². The molecule has 1 aromatic carbocycles. The van der Waals surface area contributed by atoms with Crippen LogP contribution in [-0.4, -0.2) is 33.6 Å². The molecule has 6 nitrogen and oxygen atoms in total. The largest absolute Gasteiger partial charge is 0.454 e. The molecule has 0 aliphatic carbocycles. The van der Waals surface area contributed by atoms with Gasteiger partial charge in [-0.1, -0.05) is 36.4 Å². The fourth-order valence-electron chi connectivity index (χ4n) is 3.83. The van der Waals surface area contributed by atoms with Crippen molar-refractivity contribution < 1.29 is 14.3 Å². The molecule has 3 aromatic rings. The van der Waals surface area contributed by atoms with Crippen LogP contribution < -0.4 is 5.56 Å². The Morgan fingerprint density at radius 3 is 2.48 bits per heavy atom. The predicted octanol–water partition coefficient (Wildman–Crippen LogP) is 3.08. The molecule has 1 atom stereocenters. The van der Waals surface area contributed by atoms with Crippen LogP contribution in [0.15, 0.2) is 76.1 Å². The molecule has 1 aliphatic heterocycles. The Kier molecular flexibility index (Phi) is 5.62. The molecule has 4 rings (SSSR count). The van der Waals surface area contributed by atoms with E-state index in [0.29, 0.717) is 18.8 Å². The van der Waals surface area contributed by atoms with Crippen LogP contribution in [0.2, 0.25) is 0 Å². The van der Waals surface area contributed by atoms with E-state index in [1.54, 1.807) is 35.4 Å². The molecule has 6 heteroatoms. The van der Waals surface area contributed by atoms with Gasteiger partial charge in [0.2, 0.25) is 0 Å². The Balaban J connectivity index is 1.36. The maximum absolute atomic E-state index is 12.8. The average Bonchev–Trinajstić information content (AvgIpc) is 3.24. The quantitative estimate of drug-likeness (QED) is 0.724. The molecule has 0 radical (unpaired) electrons. The van der Waals surface area contributed by atoms with Gasteiger partial charge in [0.05, 0.1) is 12.6 Å². The van der Waals surface area contributed by atoms with Crippen LogP contribution in [-0.2, 0) is 6.54 Å². The highest BCUT2D eigenvalue weighted by atomic mass is 16.4. The van der Waals surface area contributed by atoms with Gasteiger partial charge in [0.1, 0.15) is 5.76 Å². The number of aliphatic hydroxyl groups is 1. The molecule has 0 spiro atoms. The fraction of sp³-hybridized carbons (Fsp3) is 0.304. The van der Waals surface area contributed by atoms with Crippen molar-refractivity contribution in [1.82, 2.24) is 9.47 Å². The summed E-state index contributed by atoms with van der Waals surface area (Å²) in [6, 6.07) is 18.0. The monoisotopic (exact) mass is 392 g/mol. The second-order valence-electron chi connectivity index (χ2n) is 7.42. The normalized spacial score (nSPS) is 16.0. The zero-order valence-corrected chi connectivity index (χ0v) is 16.1. The maximum Gasteiger partial charge on any atom is 0.289 e. The first-order valence-corrected chi connectivity index (χ1v) is 9.88. The lowest BCUT2D eigenvalue weighted by Gasteiger charge is -2.34. The van der Waals surface area contributed by atoms with Gasteiger partial charge >= 0.3 is 0 Å². The van der Waals surface area contributed by atoms with Crippen LogP contribution in [0.5, 0.6) is 0 Å². The topological polar surface area (TPSA) is 75.7 Å². The number of rotatable bonds is 5. The first-order chi connectivity index (χ1) is 14.1. The number of pyridine rings is 1. The summed E-state index contributed by atoms with van der Waals surface area (Å²) < 4.78 is 7.23. The van der Waals surface area contributed by atoms with Gasteiger partial charge in [-0.25, -0.2) is 0 Å². The number of hydrogen-bond donors (Lipinski definition) is 1. The van der Waals surface area contributed by atoms with Gasteiger partial charge in [-0.3, -0.25) is 9.59 Å². The summed E-state index contributed by atoms with van der Waals surface area (Å²) in [5.74, 6) is 0.838. The van der Waals surface area contributed by atoms with Crippen LogP contribution in [0.1, 0.15) is 40.8 Å². The van der Waals surface area contributed by atoms with Crippen molar-refractivity contribution in [1.29, 1.82) is 0 Å². The first kappa shape index (κ1) is 19.2. The molecule has 2 aromatic heterocycles. The molecular weight excluding hydrogens is 368 g/mol. The Hall–Kier alpha value is -3.12. The predicted molar refractivity (Wildman–Crippen MR) is 109 cm³/mol. The summed E-state index contributed by atoms with van der Waals surface area (Å²) in [5, 5.41) is 10.6. The van der Waals surface area contributed by atoms with Crippen molar-refractivity contribution in [2.45, 2.75) is 25.5 Å². The van der Waals surface area contributed by atoms with Gasteiger partial charge in [0, 0.05) is 25.4 Å². The second-order valence-corrected chi connectivity index (χ2v) is 7.42. The van der Waals surface area contributed by atoms with E-state index < -0.39 is 6.10 Å². The summed E-state index contributed by atoms with van der Waals surface area (Å²) in [4.78, 5) is 26.4. The molecule has 3 heterocycles. The molecule has 150 valence electrons. The summed E-state index contributed by atoms with van der Waals surface area (Å²) in [5.41, 5.74) is 0.805. The second kappa shape index (κ2) is 8.49. The lowest BCUT2D eigenvalue weighted by atomic mass is 9.87. The minimum absolute atomic E-state index is 0.115. The number of hydrogen-bond acceptors (Lipinski definition) is 4. The highest BCUT2D eigenvalue weighted by Crippen LogP contribution is 2.31. The van der Waals surface area contributed by atoms with E-state index in [1.807, 2.05) is 30.3 Å². The number of amides is 1. The van der Waals surface area contributed by atoms with Crippen LogP contribution in [0.3, 0.4) is 0 Å². The number of furan rings is 1. The number of aliphatic hydroxyl groups excluding tert-OH is 1. The average molecular weight is 392 g/mol. The van der Waals surface area contributed by atoms with Crippen LogP contribution in [0.4, 0.5) is 0 Å². The molecular formula is C23H24N2O4. The molecule has 1 fully saturated rings. The zero-order chi connectivity index (χ0) is 20.2. The summed E-state index contributed by atoms with van der Waals surface area (Å²) in [7, 11) is 0. The number of carbonyl (C=O) groups excluding carboxylic acids is 1. The van der Waals surface area contributed by atoms with Gasteiger partial charge in [0.25, 0.3) is 11.5 Å². The number of piperidine rings is 1. The lowest BCUT2D eigenvalue weighted by molar-refractivity contribution is 0.0441. The molecule has 1 amide bonds. The molecule has 1 N–H and O–H groups in total. The summed E-state index contributed by atoms with van der Waals surface area (Å²) in [6.45, 7) is 1.46. The Morgan fingerprint density at radius 2 is 1.76 bits per heavy atom. The molecule has 1 unspecified atom stereocenters. The van der Waals surface area contributed by atoms with Crippen LogP contribution in [0.25, 0.3) is 0 Å². The Bertz CT molecular complexity index is 1020. The number of aromatic nitrogens is 1. The van der Waals surface area contributed by atoms with E-state index in [1.165, 1.54) is 10.6 Å². The standard InChI is InChI=1S/C23H24N2O4/c26-21-8-4-5-13-25(21)16-19-9-10-20(29-19)23(28)24-14-11-18(12-15-24)22(27)17-6-2-1-3-7-17/h1-10,13,18,22,27H,11-12,14-16H2. The van der Waals surface area contributed by atoms with E-state index in [2.05, 4.69) is 0 Å². The summed E-state index contributed by atoms with van der Waals surface area (Å²) >= 11 is 0. The number of nitrogens with zero attached hydrogens (tertiary/aromatic N) is 2. The van der Waals surface area contributed by atoms with E-state index in [9.17, 15) is 14.7 Å². The molecule has 1 aliphatic rings. The van der Waals surface area contributed by atoms with Crippen molar-refractivity contribution in [3.05, 3.63) is 94.3 Å². The highest BCUT2D eigenvalue weighted by molar-refractivity contribution is 5.91. The van der Waals surface area contributed by atoms with E-state index >= 15 is 0 Å². The van der Waals surface area contributed by atoms with Crippen LogP contribution in [0, 0.1) is 5.92 Å². The van der Waals surface area contributed by atoms with E-state index in [0.717, 1.165) is 18.4 Å². The van der Waals surface area contributed by atoms with E-state index in [4.69, 9.17) is 4.42 Å². The van der Waals surface area contributed by atoms with Gasteiger partial charge in [-0.15, -0.1) is 0 Å². The number of likely N-dealkylation sites (tertiary alicyclic amines) is 1. The molecule has 0 saturated carbocycles. The number of benzene rings is 1. The van der Waals surface area contributed by atoms with Gasteiger partial charge in [-0.05, 0) is 42.5 Å². The minimum atomic E-state index is -0.507. The van der Waals surface area contributed by atoms with Crippen molar-refractivity contribution in [2.24, 2.45) is 5.92 Å². The van der Waals surface area contributed by atoms with E-state index in [-0.39, 0.29) is 29.7 Å². The lowest BCUT2D eigenvalue weighted by Crippen LogP contribution is -2.39. The Labute approximate surface area is 169 Å². The third-order valence-corrected chi connectivity index (χ3v) is 5.51. The van der Waals surface area contributed by atoms with Crippen molar-refractivity contribution >= 4 is 5.91 Å². The SMILES string of the molecule is O=C(c1ccc(Cn2ccccc2=O)o1)N1CCC(C(O)c2ccccc2)CC1. The maximum atomic E-state index is 12.8. The molecule has 1 saturated heterocycles. The van der Waals surface area contributed by atoms with Crippen LogP contribution >= 0.6 is 0 Å². The Morgan fingerprint density at radius 1 is 1.03 bits per heavy atom. The zero-order valence-electron chi connectivity index (χ0n) is 16.1. The highest BCUT2D eigenvalue weighted by Gasteiger charge is 2.29. The third-order valence-electron chi connectivity index (χ3n) is 5.51.